The number of rotatable bonds is 12. The van der Waals surface area contributed by atoms with Crippen molar-refractivity contribution in [1.82, 2.24) is 34.2 Å². The topological polar surface area (TPSA) is 190 Å². The first kappa shape index (κ1) is 59.6. The lowest BCUT2D eigenvalue weighted by Gasteiger charge is -2.33. The molecule has 0 bridgehead atoms. The molecule has 2 aliphatic heterocycles. The maximum absolute atomic E-state index is 12.6. The first-order chi connectivity index (χ1) is 36.2. The molecule has 2 saturated heterocycles. The third-order valence-corrected chi connectivity index (χ3v) is 13.3. The predicted molar refractivity (Wildman–Crippen MR) is 304 cm³/mol. The zero-order valence-electron chi connectivity index (χ0n) is 47.4. The molecule has 0 unspecified atom stereocenters. The molecule has 2 amide bonds. The second kappa shape index (κ2) is 25.7. The Balaban J connectivity index is 0.000000209. The number of imidazole rings is 2. The highest BCUT2D eigenvalue weighted by atomic mass is 16.6. The van der Waals surface area contributed by atoms with Gasteiger partial charge >= 0.3 is 12.2 Å². The van der Waals surface area contributed by atoms with Crippen LogP contribution in [0.25, 0.3) is 22.5 Å². The van der Waals surface area contributed by atoms with Gasteiger partial charge in [0, 0.05) is 62.2 Å². The summed E-state index contributed by atoms with van der Waals surface area (Å²) in [5.41, 5.74) is 11.8. The summed E-state index contributed by atoms with van der Waals surface area (Å²) < 4.78 is 15.1. The molecule has 8 rings (SSSR count). The van der Waals surface area contributed by atoms with Gasteiger partial charge in [0.2, 0.25) is 0 Å². The SMILES string of the molecule is CC(C)(C)OC(=O)N1C[C@@H](O)[C@H](C=O)C1.CC(C)(C)OC(=O)N1C[C@H](CN[C@@H](c2nc(-c3ccccc3)cn2Cc2ccccc2)C(C)(C)C)[C@@H](O)C1.CC(C)(C)[C@@H](N)c1nc(-c2ccccc2)cn1Cc1ccccc1. The number of nitrogens with zero attached hydrogens (tertiary/aromatic N) is 6. The molecular formula is C62H84N8O7. The van der Waals surface area contributed by atoms with Crippen molar-refractivity contribution in [2.75, 3.05) is 32.7 Å². The van der Waals surface area contributed by atoms with Gasteiger partial charge in [0.25, 0.3) is 0 Å². The lowest BCUT2D eigenvalue weighted by atomic mass is 9.85. The van der Waals surface area contributed by atoms with Gasteiger partial charge in [-0.3, -0.25) is 0 Å². The standard InChI is InChI=1S/C31H42N4O3.C21H25N3.C10H17NO4/c1-30(2,3)27(32-17-24-19-35(21-26(24)36)29(37)38-31(4,5)6)28-33-25(23-15-11-8-12-16-23)20-34(28)18-22-13-9-7-10-14-22;1-21(2,3)19(22)20-23-18(17-12-8-5-9-13-17)15-24(20)14-16-10-6-4-7-11-16;1-10(2,3)15-9(14)11-4-7(6-12)8(13)5-11/h7-16,20,24,26-27,32,36H,17-19,21H2,1-6H3;4-13,15,19H,14,22H2,1-3H3;6-8,13H,4-5H2,1-3H3/t24-,26-,27-;19-;7-,8+/m000/s1. The Morgan fingerprint density at radius 1 is 0.597 bits per heavy atom. The highest BCUT2D eigenvalue weighted by molar-refractivity contribution is 5.70. The number of amides is 2. The monoisotopic (exact) mass is 1050 g/mol. The highest BCUT2D eigenvalue weighted by Gasteiger charge is 2.39. The van der Waals surface area contributed by atoms with Crippen molar-refractivity contribution in [2.45, 2.75) is 132 Å². The number of carbonyl (C=O) groups is 3. The summed E-state index contributed by atoms with van der Waals surface area (Å²) in [5.74, 6) is 1.30. The molecule has 6 atom stereocenters. The number of aliphatic hydroxyl groups excluding tert-OH is 2. The van der Waals surface area contributed by atoms with Crippen molar-refractivity contribution in [1.29, 1.82) is 0 Å². The van der Waals surface area contributed by atoms with E-state index < -0.39 is 35.4 Å². The number of nitrogens with one attached hydrogen (secondary N) is 1. The molecule has 0 saturated carbocycles. The molecular weight excluding hydrogens is 969 g/mol. The predicted octanol–water partition coefficient (Wildman–Crippen LogP) is 10.6. The average Bonchev–Trinajstić information content (AvgIpc) is 4.17. The number of aliphatic hydroxyl groups is 2. The minimum atomic E-state index is -0.769. The first-order valence-electron chi connectivity index (χ1n) is 26.8. The maximum Gasteiger partial charge on any atom is 0.410 e. The number of benzene rings is 4. The largest absolute Gasteiger partial charge is 0.444 e. The Bertz CT molecular complexity index is 2790. The smallest absolute Gasteiger partial charge is 0.410 e. The fraction of sp³-hybridized carbons (Fsp3) is 0.468. The minimum absolute atomic E-state index is 0.0479. The molecule has 2 aliphatic rings. The summed E-state index contributed by atoms with van der Waals surface area (Å²) in [5, 5.41) is 23.9. The lowest BCUT2D eigenvalue weighted by molar-refractivity contribution is -0.112. The normalized spacial score (nSPS) is 18.6. The summed E-state index contributed by atoms with van der Waals surface area (Å²) in [4.78, 5) is 47.7. The molecule has 5 N–H and O–H groups in total. The molecule has 6 aromatic rings. The maximum atomic E-state index is 12.6. The van der Waals surface area contributed by atoms with Crippen molar-refractivity contribution in [3.8, 4) is 22.5 Å². The van der Waals surface area contributed by atoms with E-state index in [1.807, 2.05) is 69.3 Å². The second-order valence-electron chi connectivity index (χ2n) is 24.4. The average molecular weight is 1050 g/mol. The summed E-state index contributed by atoms with van der Waals surface area (Å²) >= 11 is 0. The number of aromatic nitrogens is 4. The van der Waals surface area contributed by atoms with Gasteiger partial charge in [0.1, 0.15) is 29.1 Å². The number of carbonyl (C=O) groups excluding carboxylic acids is 3. The van der Waals surface area contributed by atoms with Gasteiger partial charge in [-0.2, -0.15) is 0 Å². The molecule has 0 aliphatic carbocycles. The summed E-state index contributed by atoms with van der Waals surface area (Å²) in [7, 11) is 0. The quantitative estimate of drug-likeness (QED) is 0.0853. The molecule has 4 aromatic carbocycles. The van der Waals surface area contributed by atoms with Crippen molar-refractivity contribution in [2.24, 2.45) is 28.4 Å². The summed E-state index contributed by atoms with van der Waals surface area (Å²) in [6.45, 7) is 27.1. The van der Waals surface area contributed by atoms with E-state index in [-0.39, 0.29) is 54.6 Å². The molecule has 2 aromatic heterocycles. The van der Waals surface area contributed by atoms with Crippen LogP contribution >= 0.6 is 0 Å². The van der Waals surface area contributed by atoms with Crippen LogP contribution < -0.4 is 11.1 Å². The van der Waals surface area contributed by atoms with Gasteiger partial charge in [-0.25, -0.2) is 19.6 Å². The van der Waals surface area contributed by atoms with Crippen molar-refractivity contribution >= 4 is 18.5 Å². The van der Waals surface area contributed by atoms with E-state index in [1.54, 1.807) is 25.7 Å². The zero-order chi connectivity index (χ0) is 56.3. The van der Waals surface area contributed by atoms with E-state index in [1.165, 1.54) is 16.0 Å². The van der Waals surface area contributed by atoms with Crippen LogP contribution in [0.5, 0.6) is 0 Å². The van der Waals surface area contributed by atoms with Gasteiger partial charge in [-0.05, 0) is 63.5 Å². The van der Waals surface area contributed by atoms with Gasteiger partial charge in [-0.1, -0.05) is 163 Å². The van der Waals surface area contributed by atoms with E-state index in [9.17, 15) is 24.6 Å². The zero-order valence-corrected chi connectivity index (χ0v) is 47.4. The second-order valence-corrected chi connectivity index (χ2v) is 24.4. The number of hydrogen-bond acceptors (Lipinski definition) is 11. The molecule has 15 nitrogen and oxygen atoms in total. The Hall–Kier alpha value is -6.65. The Morgan fingerprint density at radius 2 is 1.00 bits per heavy atom. The number of aldehydes is 1. The molecule has 4 heterocycles. The molecule has 77 heavy (non-hydrogen) atoms. The highest BCUT2D eigenvalue weighted by Crippen LogP contribution is 2.36. The Morgan fingerprint density at radius 3 is 1.40 bits per heavy atom. The van der Waals surface area contributed by atoms with E-state index in [0.29, 0.717) is 25.9 Å². The Labute approximate surface area is 456 Å². The number of nitrogens with two attached hydrogens (primary N) is 1. The van der Waals surface area contributed by atoms with E-state index in [2.05, 4.69) is 141 Å². The van der Waals surface area contributed by atoms with Crippen LogP contribution in [0.1, 0.15) is 118 Å². The minimum Gasteiger partial charge on any atom is -0.444 e. The summed E-state index contributed by atoms with van der Waals surface area (Å²) in [6.07, 6.45) is 2.68. The molecule has 414 valence electrons. The number of likely N-dealkylation sites (tertiary alicyclic amines) is 2. The summed E-state index contributed by atoms with van der Waals surface area (Å²) in [6, 6.07) is 41.1. The van der Waals surface area contributed by atoms with E-state index in [4.69, 9.17) is 25.2 Å². The molecule has 2 fully saturated rings. The van der Waals surface area contributed by atoms with Crippen LogP contribution in [0.2, 0.25) is 0 Å². The van der Waals surface area contributed by atoms with Gasteiger partial charge in [0.15, 0.2) is 0 Å². The van der Waals surface area contributed by atoms with Crippen molar-refractivity contribution in [3.63, 3.8) is 0 Å². The number of β-amino-alcohol motifs (C(OH)–C–C–N with tert-alkyl or cyclic N) is 2. The molecule has 0 radical (unpaired) electrons. The van der Waals surface area contributed by atoms with E-state index in [0.717, 1.165) is 40.7 Å². The van der Waals surface area contributed by atoms with Crippen LogP contribution in [0.4, 0.5) is 9.59 Å². The fourth-order valence-corrected chi connectivity index (χ4v) is 9.04. The number of hydrogen-bond donors (Lipinski definition) is 4. The Kier molecular flexibility index (Phi) is 19.9. The number of ether oxygens (including phenoxy) is 2. The van der Waals surface area contributed by atoms with Crippen LogP contribution in [0, 0.1) is 22.7 Å². The first-order valence-corrected chi connectivity index (χ1v) is 26.8. The third-order valence-electron chi connectivity index (χ3n) is 13.3. The van der Waals surface area contributed by atoms with Crippen molar-refractivity contribution in [3.05, 3.63) is 156 Å². The van der Waals surface area contributed by atoms with Gasteiger partial charge < -0.3 is 54.5 Å². The fourth-order valence-electron chi connectivity index (χ4n) is 9.04. The molecule has 0 spiro atoms. The van der Waals surface area contributed by atoms with Crippen LogP contribution in [0.3, 0.4) is 0 Å². The van der Waals surface area contributed by atoms with E-state index >= 15 is 0 Å². The van der Waals surface area contributed by atoms with Crippen LogP contribution in [0.15, 0.2) is 134 Å². The van der Waals surface area contributed by atoms with Gasteiger partial charge in [-0.15, -0.1) is 0 Å². The van der Waals surface area contributed by atoms with Crippen molar-refractivity contribution < 1.29 is 34.1 Å². The third kappa shape index (κ3) is 17.4. The van der Waals surface area contributed by atoms with Gasteiger partial charge in [0.05, 0.1) is 54.7 Å². The lowest BCUT2D eigenvalue weighted by Crippen LogP contribution is -2.40. The molecule has 15 heteroatoms. The van der Waals surface area contributed by atoms with Crippen LogP contribution in [-0.4, -0.2) is 114 Å². The van der Waals surface area contributed by atoms with Crippen LogP contribution in [-0.2, 0) is 27.4 Å².